The fourth-order valence-corrected chi connectivity index (χ4v) is 4.04. The Bertz CT molecular complexity index is 827. The number of thioether (sulfide) groups is 1. The lowest BCUT2D eigenvalue weighted by Crippen LogP contribution is -2.13. The summed E-state index contributed by atoms with van der Waals surface area (Å²) in [6.07, 6.45) is 0. The van der Waals surface area contributed by atoms with E-state index in [4.69, 9.17) is 11.6 Å². The molecule has 0 fully saturated rings. The summed E-state index contributed by atoms with van der Waals surface area (Å²) in [5.41, 5.74) is 0.911. The second-order valence-electron chi connectivity index (χ2n) is 4.72. The number of carbonyl (C=O) groups excluding carboxylic acids is 1. The van der Waals surface area contributed by atoms with Crippen molar-refractivity contribution in [3.8, 4) is 0 Å². The van der Waals surface area contributed by atoms with Crippen LogP contribution >= 0.6 is 34.7 Å². The first-order chi connectivity index (χ1) is 10.6. The number of carbonyl (C=O) groups is 1. The van der Waals surface area contributed by atoms with E-state index in [-0.39, 0.29) is 5.91 Å². The molecule has 2 aromatic carbocycles. The third-order valence-electron chi connectivity index (χ3n) is 3.04. The van der Waals surface area contributed by atoms with Crippen molar-refractivity contribution in [2.24, 2.45) is 0 Å². The van der Waals surface area contributed by atoms with Crippen molar-refractivity contribution in [2.45, 2.75) is 11.8 Å². The lowest BCUT2D eigenvalue weighted by Gasteiger charge is -2.07. The predicted octanol–water partition coefficient (Wildman–Crippen LogP) is 4.99. The van der Waals surface area contributed by atoms with E-state index in [2.05, 4.69) is 10.3 Å². The van der Waals surface area contributed by atoms with Gasteiger partial charge < -0.3 is 5.32 Å². The first kappa shape index (κ1) is 15.3. The molecular formula is C16H13ClN2OS2. The van der Waals surface area contributed by atoms with Crippen LogP contribution in [-0.4, -0.2) is 16.6 Å². The van der Waals surface area contributed by atoms with Crippen LogP contribution < -0.4 is 5.32 Å². The number of aryl methyl sites for hydroxylation is 1. The predicted molar refractivity (Wildman–Crippen MR) is 95.2 cm³/mol. The second kappa shape index (κ2) is 6.69. The zero-order valence-electron chi connectivity index (χ0n) is 11.8. The smallest absolute Gasteiger partial charge is 0.236 e. The number of rotatable bonds is 4. The van der Waals surface area contributed by atoms with E-state index >= 15 is 0 Å². The van der Waals surface area contributed by atoms with Gasteiger partial charge in [0, 0.05) is 20.7 Å². The molecule has 0 bridgehead atoms. The molecule has 0 saturated carbocycles. The van der Waals surface area contributed by atoms with Gasteiger partial charge in [0.25, 0.3) is 0 Å². The standard InChI is InChI=1S/C16H13ClN2OS2/c1-10-8-22-16(18-10)19-14(20)9-21-13-7-3-5-11-4-2-6-12(17)15(11)13/h2-8H,9H2,1H3,(H,18,19,20). The highest BCUT2D eigenvalue weighted by molar-refractivity contribution is 8.00. The molecule has 1 amide bonds. The molecule has 0 radical (unpaired) electrons. The Labute approximate surface area is 141 Å². The van der Waals surface area contributed by atoms with E-state index in [0.29, 0.717) is 15.9 Å². The summed E-state index contributed by atoms with van der Waals surface area (Å²) >= 11 is 9.20. The van der Waals surface area contributed by atoms with Crippen molar-refractivity contribution in [2.75, 3.05) is 11.1 Å². The van der Waals surface area contributed by atoms with Crippen molar-refractivity contribution in [3.05, 3.63) is 52.5 Å². The maximum atomic E-state index is 12.0. The molecule has 0 atom stereocenters. The topological polar surface area (TPSA) is 42.0 Å². The SMILES string of the molecule is Cc1csc(NC(=O)CSc2cccc3cccc(Cl)c23)n1. The largest absolute Gasteiger partial charge is 0.301 e. The number of hydrogen-bond acceptors (Lipinski definition) is 4. The van der Waals surface area contributed by atoms with Crippen LogP contribution in [-0.2, 0) is 4.79 Å². The first-order valence-corrected chi connectivity index (χ1v) is 8.90. The minimum Gasteiger partial charge on any atom is -0.301 e. The van der Waals surface area contributed by atoms with E-state index in [1.165, 1.54) is 23.1 Å². The van der Waals surface area contributed by atoms with Gasteiger partial charge in [-0.1, -0.05) is 35.9 Å². The summed E-state index contributed by atoms with van der Waals surface area (Å²) in [5.74, 6) is 0.256. The van der Waals surface area contributed by atoms with Crippen LogP contribution in [0.4, 0.5) is 5.13 Å². The molecule has 112 valence electrons. The number of nitrogens with zero attached hydrogens (tertiary/aromatic N) is 1. The van der Waals surface area contributed by atoms with Crippen LogP contribution in [0.25, 0.3) is 10.8 Å². The number of aromatic nitrogens is 1. The third-order valence-corrected chi connectivity index (χ3v) is 5.29. The quantitative estimate of drug-likeness (QED) is 0.675. The summed E-state index contributed by atoms with van der Waals surface area (Å²) in [4.78, 5) is 17.3. The van der Waals surface area contributed by atoms with E-state index in [0.717, 1.165) is 21.4 Å². The van der Waals surface area contributed by atoms with Crippen LogP contribution in [0.1, 0.15) is 5.69 Å². The summed E-state index contributed by atoms with van der Waals surface area (Å²) < 4.78 is 0. The van der Waals surface area contributed by atoms with Gasteiger partial charge in [0.1, 0.15) is 0 Å². The first-order valence-electron chi connectivity index (χ1n) is 6.65. The van der Waals surface area contributed by atoms with Gasteiger partial charge in [-0.15, -0.1) is 23.1 Å². The molecule has 22 heavy (non-hydrogen) atoms. The average molecular weight is 349 g/mol. The fourth-order valence-electron chi connectivity index (χ4n) is 2.09. The van der Waals surface area contributed by atoms with Gasteiger partial charge in [0.15, 0.2) is 5.13 Å². The molecule has 3 nitrogen and oxygen atoms in total. The van der Waals surface area contributed by atoms with Crippen LogP contribution in [0.15, 0.2) is 46.7 Å². The summed E-state index contributed by atoms with van der Waals surface area (Å²) in [6, 6.07) is 11.8. The maximum absolute atomic E-state index is 12.0. The Balaban J connectivity index is 1.72. The van der Waals surface area contributed by atoms with Crippen molar-refractivity contribution in [3.63, 3.8) is 0 Å². The highest BCUT2D eigenvalue weighted by atomic mass is 35.5. The van der Waals surface area contributed by atoms with Crippen LogP contribution in [0.3, 0.4) is 0 Å². The van der Waals surface area contributed by atoms with E-state index < -0.39 is 0 Å². The number of hydrogen-bond donors (Lipinski definition) is 1. The molecule has 0 spiro atoms. The normalized spacial score (nSPS) is 10.8. The maximum Gasteiger partial charge on any atom is 0.236 e. The summed E-state index contributed by atoms with van der Waals surface area (Å²) in [7, 11) is 0. The van der Waals surface area contributed by atoms with E-state index in [1.807, 2.05) is 48.7 Å². The molecule has 0 aliphatic rings. The Morgan fingerprint density at radius 2 is 2.09 bits per heavy atom. The lowest BCUT2D eigenvalue weighted by molar-refractivity contribution is -0.113. The second-order valence-corrected chi connectivity index (χ2v) is 7.01. The van der Waals surface area contributed by atoms with Crippen molar-refractivity contribution >= 4 is 56.5 Å². The van der Waals surface area contributed by atoms with Gasteiger partial charge in [0.05, 0.1) is 11.4 Å². The van der Waals surface area contributed by atoms with Crippen molar-refractivity contribution in [1.29, 1.82) is 0 Å². The van der Waals surface area contributed by atoms with Crippen LogP contribution in [0.2, 0.25) is 5.02 Å². The summed E-state index contributed by atoms with van der Waals surface area (Å²) in [6.45, 7) is 1.90. The molecule has 0 saturated heterocycles. The number of nitrogens with one attached hydrogen (secondary N) is 1. The zero-order valence-corrected chi connectivity index (χ0v) is 14.2. The molecule has 0 aliphatic heterocycles. The molecule has 1 heterocycles. The van der Waals surface area contributed by atoms with Gasteiger partial charge in [-0.05, 0) is 24.4 Å². The van der Waals surface area contributed by atoms with Crippen LogP contribution in [0, 0.1) is 6.92 Å². The number of anilines is 1. The fraction of sp³-hybridized carbons (Fsp3) is 0.125. The highest BCUT2D eigenvalue weighted by Gasteiger charge is 2.09. The molecule has 6 heteroatoms. The molecule has 3 rings (SSSR count). The number of amides is 1. The Morgan fingerprint density at radius 1 is 1.32 bits per heavy atom. The van der Waals surface area contributed by atoms with Crippen molar-refractivity contribution < 1.29 is 4.79 Å². The number of fused-ring (bicyclic) bond motifs is 1. The third kappa shape index (κ3) is 3.43. The Hall–Kier alpha value is -1.56. The minimum atomic E-state index is -0.0663. The number of thiazole rings is 1. The molecular weight excluding hydrogens is 336 g/mol. The van der Waals surface area contributed by atoms with Gasteiger partial charge in [0.2, 0.25) is 5.91 Å². The zero-order chi connectivity index (χ0) is 15.5. The van der Waals surface area contributed by atoms with E-state index in [1.54, 1.807) is 0 Å². The van der Waals surface area contributed by atoms with Gasteiger partial charge >= 0.3 is 0 Å². The van der Waals surface area contributed by atoms with Crippen LogP contribution in [0.5, 0.6) is 0 Å². The number of benzene rings is 2. The summed E-state index contributed by atoms with van der Waals surface area (Å²) in [5, 5.41) is 8.14. The Kier molecular flexibility index (Phi) is 4.66. The van der Waals surface area contributed by atoms with Crippen molar-refractivity contribution in [1.82, 2.24) is 4.98 Å². The highest BCUT2D eigenvalue weighted by Crippen LogP contribution is 2.33. The Morgan fingerprint density at radius 3 is 2.82 bits per heavy atom. The lowest BCUT2D eigenvalue weighted by atomic mass is 10.1. The van der Waals surface area contributed by atoms with Gasteiger partial charge in [-0.3, -0.25) is 4.79 Å². The average Bonchev–Trinajstić information content (AvgIpc) is 2.90. The minimum absolute atomic E-state index is 0.0663. The van der Waals surface area contributed by atoms with E-state index in [9.17, 15) is 4.79 Å². The molecule has 0 aliphatic carbocycles. The monoisotopic (exact) mass is 348 g/mol. The van der Waals surface area contributed by atoms with Gasteiger partial charge in [-0.25, -0.2) is 4.98 Å². The molecule has 1 N–H and O–H groups in total. The molecule has 1 aromatic heterocycles. The number of halogens is 1. The molecule has 3 aromatic rings. The van der Waals surface area contributed by atoms with Gasteiger partial charge in [-0.2, -0.15) is 0 Å². The molecule has 0 unspecified atom stereocenters.